The van der Waals surface area contributed by atoms with Gasteiger partial charge in [0, 0.05) is 0 Å². The van der Waals surface area contributed by atoms with E-state index >= 15 is 0 Å². The van der Waals surface area contributed by atoms with Crippen LogP contribution in [0.4, 0.5) is 0 Å². The topological polar surface area (TPSA) is 96.0 Å². The predicted molar refractivity (Wildman–Crippen MR) is 135 cm³/mol. The maximum absolute atomic E-state index is 12.0. The van der Waals surface area contributed by atoms with E-state index in [1.54, 1.807) is 91.0 Å². The molecule has 0 aliphatic rings. The Kier molecular flexibility index (Phi) is 9.24. The van der Waals surface area contributed by atoms with E-state index in [2.05, 4.69) is 0 Å². The van der Waals surface area contributed by atoms with Crippen molar-refractivity contribution >= 4 is 11.9 Å². The van der Waals surface area contributed by atoms with E-state index in [0.717, 1.165) is 0 Å². The minimum absolute atomic E-state index is 0.0130. The van der Waals surface area contributed by atoms with Crippen LogP contribution in [-0.4, -0.2) is 19.0 Å². The number of carbonyl (C=O) groups excluding carboxylic acids is 2. The minimum Gasteiger partial charge on any atom is -0.496 e. The highest BCUT2D eigenvalue weighted by Crippen LogP contribution is 2.18. The van der Waals surface area contributed by atoms with E-state index < -0.39 is 11.9 Å². The summed E-state index contributed by atoms with van der Waals surface area (Å²) >= 11 is 0. The molecule has 0 aliphatic heterocycles. The Morgan fingerprint density at radius 3 is 1.47 bits per heavy atom. The molecule has 0 heterocycles. The first kappa shape index (κ1) is 25.6. The number of carbonyl (C=O) groups is 2. The normalized spacial score (nSPS) is 9.69. The van der Waals surface area contributed by atoms with Crippen molar-refractivity contribution in [1.82, 2.24) is 0 Å². The van der Waals surface area contributed by atoms with Crippen molar-refractivity contribution in [3.05, 3.63) is 147 Å². The smallest absolute Gasteiger partial charge is 0.347 e. The molecule has 4 aromatic rings. The standard InChI is InChI=1S/C15H12O4.C14H10O3/c1-18-13-9-6-5-7-11(13)15(17)19-14-10-4-2-3-8-12(14)16;15-12-9-5-2-6-10-13(12)17-14(16)11-7-3-1-4-8-11/h2-10H,1H3;1-10H. The summed E-state index contributed by atoms with van der Waals surface area (Å²) < 4.78 is 15.2. The zero-order valence-electron chi connectivity index (χ0n) is 19.3. The van der Waals surface area contributed by atoms with Gasteiger partial charge in [-0.3, -0.25) is 9.59 Å². The van der Waals surface area contributed by atoms with Gasteiger partial charge in [-0.2, -0.15) is 0 Å². The van der Waals surface area contributed by atoms with Crippen LogP contribution in [-0.2, 0) is 0 Å². The van der Waals surface area contributed by atoms with Gasteiger partial charge in [0.1, 0.15) is 11.3 Å². The van der Waals surface area contributed by atoms with E-state index in [9.17, 15) is 19.2 Å². The third-order valence-electron chi connectivity index (χ3n) is 4.66. The van der Waals surface area contributed by atoms with Crippen LogP contribution in [0.3, 0.4) is 0 Å². The molecule has 0 N–H and O–H groups in total. The van der Waals surface area contributed by atoms with E-state index in [1.165, 1.54) is 31.4 Å². The van der Waals surface area contributed by atoms with E-state index in [-0.39, 0.29) is 27.9 Å². The summed E-state index contributed by atoms with van der Waals surface area (Å²) in [6.45, 7) is 0. The summed E-state index contributed by atoms with van der Waals surface area (Å²) in [5, 5.41) is 0. The molecule has 0 atom stereocenters. The van der Waals surface area contributed by atoms with Crippen LogP contribution in [0.5, 0.6) is 17.2 Å². The number of benzene rings is 2. The monoisotopic (exact) mass is 482 g/mol. The highest BCUT2D eigenvalue weighted by molar-refractivity contribution is 5.94. The highest BCUT2D eigenvalue weighted by Gasteiger charge is 2.14. The molecule has 0 saturated carbocycles. The van der Waals surface area contributed by atoms with Gasteiger partial charge in [0.05, 0.1) is 12.7 Å². The van der Waals surface area contributed by atoms with Gasteiger partial charge >= 0.3 is 11.9 Å². The third-order valence-corrected chi connectivity index (χ3v) is 4.66. The van der Waals surface area contributed by atoms with Crippen LogP contribution >= 0.6 is 0 Å². The molecule has 4 aromatic carbocycles. The Hall–Kier alpha value is -5.04. The number of para-hydroxylation sites is 1. The van der Waals surface area contributed by atoms with Crippen molar-refractivity contribution in [1.29, 1.82) is 0 Å². The molecule has 7 nitrogen and oxygen atoms in total. The molecule has 0 spiro atoms. The molecule has 4 rings (SSSR count). The number of rotatable bonds is 5. The Bertz CT molecular complexity index is 1450. The lowest BCUT2D eigenvalue weighted by Gasteiger charge is -2.06. The second-order valence-corrected chi connectivity index (χ2v) is 7.12. The van der Waals surface area contributed by atoms with Crippen molar-refractivity contribution in [2.45, 2.75) is 0 Å². The van der Waals surface area contributed by atoms with Crippen molar-refractivity contribution < 1.29 is 23.8 Å². The van der Waals surface area contributed by atoms with Crippen LogP contribution in [0.15, 0.2) is 125 Å². The quantitative estimate of drug-likeness (QED) is 0.385. The molecular weight excluding hydrogens is 460 g/mol. The summed E-state index contributed by atoms with van der Waals surface area (Å²) in [5.41, 5.74) is 0.0156. The van der Waals surface area contributed by atoms with E-state index in [4.69, 9.17) is 14.2 Å². The van der Waals surface area contributed by atoms with Crippen molar-refractivity contribution in [3.8, 4) is 17.2 Å². The Balaban J connectivity index is 0.000000202. The SMILES string of the molecule is COc1ccccc1C(=O)Oc1cccccc1=O.O=C(Oc1cccccc1=O)c1ccccc1. The first-order valence-electron chi connectivity index (χ1n) is 10.8. The van der Waals surface area contributed by atoms with Crippen molar-refractivity contribution in [2.24, 2.45) is 0 Å². The summed E-state index contributed by atoms with van der Waals surface area (Å²) in [6.07, 6.45) is 0. The lowest BCUT2D eigenvalue weighted by atomic mass is 10.2. The molecule has 180 valence electrons. The van der Waals surface area contributed by atoms with Gasteiger partial charge in [0.25, 0.3) is 0 Å². The molecule has 0 aliphatic carbocycles. The average Bonchev–Trinajstić information content (AvgIpc) is 3.24. The number of methoxy groups -OCH3 is 1. The van der Waals surface area contributed by atoms with E-state index in [1.807, 2.05) is 0 Å². The van der Waals surface area contributed by atoms with Gasteiger partial charge in [0.2, 0.25) is 10.9 Å². The second kappa shape index (κ2) is 13.0. The highest BCUT2D eigenvalue weighted by atomic mass is 16.5. The zero-order valence-corrected chi connectivity index (χ0v) is 19.3. The first-order valence-corrected chi connectivity index (χ1v) is 10.8. The maximum atomic E-state index is 12.0. The fourth-order valence-corrected chi connectivity index (χ4v) is 2.90. The van der Waals surface area contributed by atoms with Crippen LogP contribution in [0.2, 0.25) is 0 Å². The Labute approximate surface area is 207 Å². The Morgan fingerprint density at radius 1 is 0.500 bits per heavy atom. The largest absolute Gasteiger partial charge is 0.496 e. The summed E-state index contributed by atoms with van der Waals surface area (Å²) in [4.78, 5) is 46.9. The second-order valence-electron chi connectivity index (χ2n) is 7.12. The van der Waals surface area contributed by atoms with Gasteiger partial charge in [-0.25, -0.2) is 9.59 Å². The van der Waals surface area contributed by atoms with Crippen molar-refractivity contribution in [3.63, 3.8) is 0 Å². The fourth-order valence-electron chi connectivity index (χ4n) is 2.90. The zero-order chi connectivity index (χ0) is 25.8. The predicted octanol–water partition coefficient (Wildman–Crippen LogP) is 4.54. The average molecular weight is 482 g/mol. The number of esters is 2. The molecule has 36 heavy (non-hydrogen) atoms. The lowest BCUT2D eigenvalue weighted by molar-refractivity contribution is 0.0721. The number of hydrogen-bond donors (Lipinski definition) is 0. The lowest BCUT2D eigenvalue weighted by Crippen LogP contribution is -2.14. The fraction of sp³-hybridized carbons (Fsp3) is 0.0345. The van der Waals surface area contributed by atoms with Gasteiger partial charge in [-0.1, -0.05) is 66.7 Å². The molecular formula is C29H22O7. The van der Waals surface area contributed by atoms with E-state index in [0.29, 0.717) is 11.3 Å². The molecule has 0 unspecified atom stereocenters. The molecule has 0 fully saturated rings. The van der Waals surface area contributed by atoms with Crippen LogP contribution < -0.4 is 25.1 Å². The first-order chi connectivity index (χ1) is 17.5. The third kappa shape index (κ3) is 7.23. The number of ether oxygens (including phenoxy) is 3. The molecule has 0 radical (unpaired) electrons. The maximum Gasteiger partial charge on any atom is 0.347 e. The molecule has 7 heteroatoms. The molecule has 0 saturated heterocycles. The van der Waals surface area contributed by atoms with Gasteiger partial charge < -0.3 is 14.2 Å². The van der Waals surface area contributed by atoms with Gasteiger partial charge in [0.15, 0.2) is 11.5 Å². The summed E-state index contributed by atoms with van der Waals surface area (Å²) in [7, 11) is 1.47. The molecule has 0 amide bonds. The summed E-state index contributed by atoms with van der Waals surface area (Å²) in [6, 6.07) is 30.7. The molecule has 0 bridgehead atoms. The number of hydrogen-bond acceptors (Lipinski definition) is 7. The van der Waals surface area contributed by atoms with Crippen LogP contribution in [0.25, 0.3) is 0 Å². The van der Waals surface area contributed by atoms with Crippen LogP contribution in [0.1, 0.15) is 20.7 Å². The molecule has 0 aromatic heterocycles. The van der Waals surface area contributed by atoms with Crippen LogP contribution in [0, 0.1) is 0 Å². The van der Waals surface area contributed by atoms with Gasteiger partial charge in [-0.05, 0) is 48.5 Å². The Morgan fingerprint density at radius 2 is 0.917 bits per heavy atom. The minimum atomic E-state index is -0.624. The van der Waals surface area contributed by atoms with Gasteiger partial charge in [-0.15, -0.1) is 0 Å². The summed E-state index contributed by atoms with van der Waals surface area (Å²) in [5.74, 6) is -0.736. The van der Waals surface area contributed by atoms with Crippen molar-refractivity contribution in [2.75, 3.05) is 7.11 Å².